The molecule has 1 nitrogen and oxygen atoms in total. The van der Waals surface area contributed by atoms with E-state index in [-0.39, 0.29) is 5.24 Å². The number of allylic oxidation sites excluding steroid dienone is 2. The van der Waals surface area contributed by atoms with Crippen LogP contribution in [0.25, 0.3) is 0 Å². The summed E-state index contributed by atoms with van der Waals surface area (Å²) in [6.45, 7) is 9.05. The maximum absolute atomic E-state index is 10.5. The second-order valence-corrected chi connectivity index (χ2v) is 9.84. The van der Waals surface area contributed by atoms with Gasteiger partial charge in [0.1, 0.15) is 0 Å². The highest BCUT2D eigenvalue weighted by molar-refractivity contribution is 6.83. The van der Waals surface area contributed by atoms with Crippen molar-refractivity contribution in [3.63, 3.8) is 0 Å². The van der Waals surface area contributed by atoms with E-state index in [1.165, 1.54) is 5.20 Å². The highest BCUT2D eigenvalue weighted by Crippen LogP contribution is 2.20. The van der Waals surface area contributed by atoms with Crippen LogP contribution in [0.3, 0.4) is 0 Å². The Hall–Kier alpha value is -0.0831. The van der Waals surface area contributed by atoms with Crippen molar-refractivity contribution >= 4 is 24.9 Å². The van der Waals surface area contributed by atoms with Gasteiger partial charge in [0.05, 0.1) is 8.07 Å². The first-order chi connectivity index (χ1) is 5.88. The average molecular weight is 219 g/mol. The summed E-state index contributed by atoms with van der Waals surface area (Å²) in [5, 5.41) is 1.32. The van der Waals surface area contributed by atoms with Gasteiger partial charge in [-0.1, -0.05) is 30.9 Å². The third-order valence-corrected chi connectivity index (χ3v) is 4.79. The Kier molecular flexibility index (Phi) is 5.57. The molecule has 0 radical (unpaired) electrons. The van der Waals surface area contributed by atoms with Crippen LogP contribution in [0.1, 0.15) is 26.2 Å². The Morgan fingerprint density at radius 1 is 1.31 bits per heavy atom. The quantitative estimate of drug-likeness (QED) is 0.508. The Labute approximate surface area is 87.2 Å². The molecule has 0 amide bonds. The molecule has 0 aliphatic rings. The van der Waals surface area contributed by atoms with E-state index in [1.54, 1.807) is 0 Å². The molecule has 0 atom stereocenters. The lowest BCUT2D eigenvalue weighted by atomic mass is 10.2. The van der Waals surface area contributed by atoms with Crippen LogP contribution in [0.4, 0.5) is 0 Å². The molecular formula is C10H19ClOSi. The number of rotatable bonds is 5. The molecule has 0 aliphatic heterocycles. The van der Waals surface area contributed by atoms with E-state index in [0.717, 1.165) is 12.8 Å². The number of carbonyl (C=O) groups excluding carboxylic acids is 1. The maximum Gasteiger partial charge on any atom is 0.221 e. The molecule has 13 heavy (non-hydrogen) atoms. The van der Waals surface area contributed by atoms with Crippen LogP contribution in [0.5, 0.6) is 0 Å². The molecule has 3 heteroatoms. The summed E-state index contributed by atoms with van der Waals surface area (Å²) < 4.78 is 0. The standard InChI is InChI=1S/C10H19ClOSi/c1-5-9(13(2,3)4)7-6-8-10(11)12/h5H,6-8H2,1-4H3. The molecule has 0 N–H and O–H groups in total. The second kappa shape index (κ2) is 5.61. The second-order valence-electron chi connectivity index (χ2n) is 4.27. The van der Waals surface area contributed by atoms with Crippen LogP contribution in [0.2, 0.25) is 19.6 Å². The lowest BCUT2D eigenvalue weighted by Gasteiger charge is -2.20. The highest BCUT2D eigenvalue weighted by Gasteiger charge is 2.17. The predicted molar refractivity (Wildman–Crippen MR) is 61.8 cm³/mol. The molecule has 0 spiro atoms. The van der Waals surface area contributed by atoms with Gasteiger partial charge in [-0.05, 0) is 31.4 Å². The first-order valence-corrected chi connectivity index (χ1v) is 8.59. The van der Waals surface area contributed by atoms with Gasteiger partial charge in [0.15, 0.2) is 0 Å². The molecule has 0 aliphatic carbocycles. The number of carbonyl (C=O) groups is 1. The van der Waals surface area contributed by atoms with E-state index >= 15 is 0 Å². The van der Waals surface area contributed by atoms with Gasteiger partial charge in [0.25, 0.3) is 0 Å². The summed E-state index contributed by atoms with van der Waals surface area (Å²) >= 11 is 5.27. The van der Waals surface area contributed by atoms with E-state index in [0.29, 0.717) is 6.42 Å². The molecule has 0 heterocycles. The average Bonchev–Trinajstić information content (AvgIpc) is 1.95. The summed E-state index contributed by atoms with van der Waals surface area (Å²) in [7, 11) is -1.15. The zero-order valence-corrected chi connectivity index (χ0v) is 10.7. The van der Waals surface area contributed by atoms with Gasteiger partial charge in [0.2, 0.25) is 5.24 Å². The summed E-state index contributed by atoms with van der Waals surface area (Å²) in [5.74, 6) is 0. The molecule has 0 saturated carbocycles. The van der Waals surface area contributed by atoms with E-state index in [4.69, 9.17) is 11.6 Å². The Morgan fingerprint density at radius 2 is 1.85 bits per heavy atom. The lowest BCUT2D eigenvalue weighted by Crippen LogP contribution is -2.23. The molecule has 0 aromatic heterocycles. The SMILES string of the molecule is CC=C(CCCC(=O)Cl)[Si](C)(C)C. The smallest absolute Gasteiger partial charge is 0.221 e. The fourth-order valence-electron chi connectivity index (χ4n) is 1.37. The number of hydrogen-bond donors (Lipinski definition) is 0. The molecule has 0 bridgehead atoms. The van der Waals surface area contributed by atoms with Gasteiger partial charge < -0.3 is 0 Å². The minimum absolute atomic E-state index is 0.217. The van der Waals surface area contributed by atoms with Crippen LogP contribution < -0.4 is 0 Å². The molecular weight excluding hydrogens is 200 g/mol. The first kappa shape index (κ1) is 12.9. The van der Waals surface area contributed by atoms with Gasteiger partial charge in [-0.2, -0.15) is 0 Å². The van der Waals surface area contributed by atoms with Crippen LogP contribution >= 0.6 is 11.6 Å². The molecule has 76 valence electrons. The van der Waals surface area contributed by atoms with Gasteiger partial charge >= 0.3 is 0 Å². The Bertz CT molecular complexity index is 203. The van der Waals surface area contributed by atoms with E-state index in [1.807, 2.05) is 0 Å². The number of hydrogen-bond acceptors (Lipinski definition) is 1. The highest BCUT2D eigenvalue weighted by atomic mass is 35.5. The van der Waals surface area contributed by atoms with Crippen LogP contribution in [0.15, 0.2) is 11.3 Å². The van der Waals surface area contributed by atoms with Crippen LogP contribution in [-0.2, 0) is 4.79 Å². The fraction of sp³-hybridized carbons (Fsp3) is 0.700. The zero-order chi connectivity index (χ0) is 10.5. The van der Waals surface area contributed by atoms with Crippen molar-refractivity contribution < 1.29 is 4.79 Å². The van der Waals surface area contributed by atoms with Crippen molar-refractivity contribution in [3.8, 4) is 0 Å². The summed E-state index contributed by atoms with van der Waals surface area (Å²) in [5.41, 5.74) is 0. The van der Waals surface area contributed by atoms with Crippen molar-refractivity contribution in [3.05, 3.63) is 11.3 Å². The van der Waals surface area contributed by atoms with Crippen LogP contribution in [0, 0.1) is 0 Å². The topological polar surface area (TPSA) is 17.1 Å². The molecule has 0 fully saturated rings. The van der Waals surface area contributed by atoms with E-state index in [9.17, 15) is 4.79 Å². The predicted octanol–water partition coefficient (Wildman–Crippen LogP) is 3.75. The van der Waals surface area contributed by atoms with Gasteiger partial charge in [0, 0.05) is 6.42 Å². The van der Waals surface area contributed by atoms with Crippen molar-refractivity contribution in [2.75, 3.05) is 0 Å². The van der Waals surface area contributed by atoms with Crippen molar-refractivity contribution in [2.24, 2.45) is 0 Å². The van der Waals surface area contributed by atoms with Gasteiger partial charge in [-0.3, -0.25) is 4.79 Å². The summed E-state index contributed by atoms with van der Waals surface area (Å²) in [6.07, 6.45) is 4.63. The zero-order valence-electron chi connectivity index (χ0n) is 8.98. The third-order valence-electron chi connectivity index (χ3n) is 2.13. The largest absolute Gasteiger partial charge is 0.281 e. The molecule has 0 unspecified atom stereocenters. The van der Waals surface area contributed by atoms with E-state index < -0.39 is 8.07 Å². The Morgan fingerprint density at radius 3 is 2.15 bits per heavy atom. The monoisotopic (exact) mass is 218 g/mol. The minimum Gasteiger partial charge on any atom is -0.281 e. The van der Waals surface area contributed by atoms with Crippen LogP contribution in [-0.4, -0.2) is 13.3 Å². The number of halogens is 1. The normalized spacial score (nSPS) is 13.2. The van der Waals surface area contributed by atoms with Gasteiger partial charge in [-0.25, -0.2) is 0 Å². The lowest BCUT2D eigenvalue weighted by molar-refractivity contribution is -0.111. The van der Waals surface area contributed by atoms with Crippen molar-refractivity contribution in [2.45, 2.75) is 45.8 Å². The Balaban J connectivity index is 3.96. The minimum atomic E-state index is -1.15. The first-order valence-electron chi connectivity index (χ1n) is 4.72. The molecule has 0 saturated heterocycles. The molecule has 0 rings (SSSR count). The van der Waals surface area contributed by atoms with Crippen molar-refractivity contribution in [1.82, 2.24) is 0 Å². The summed E-state index contributed by atoms with van der Waals surface area (Å²) in [4.78, 5) is 10.5. The summed E-state index contributed by atoms with van der Waals surface area (Å²) in [6, 6.07) is 0. The molecule has 0 aromatic carbocycles. The van der Waals surface area contributed by atoms with E-state index in [2.05, 4.69) is 32.6 Å². The third kappa shape index (κ3) is 6.05. The van der Waals surface area contributed by atoms with Gasteiger partial charge in [-0.15, -0.1) is 0 Å². The maximum atomic E-state index is 10.5. The molecule has 0 aromatic rings. The van der Waals surface area contributed by atoms with Crippen molar-refractivity contribution in [1.29, 1.82) is 0 Å². The fourth-order valence-corrected chi connectivity index (χ4v) is 3.30.